The number of esters is 1. The van der Waals surface area contributed by atoms with Crippen molar-refractivity contribution < 1.29 is 9.53 Å². The topological polar surface area (TPSA) is 56.5 Å². The molecular weight excluding hydrogens is 262 g/mol. The van der Waals surface area contributed by atoms with Crippen molar-refractivity contribution in [2.45, 2.75) is 6.42 Å². The number of hydrogen-bond donors (Lipinski definition) is 0. The molecule has 15 heavy (non-hydrogen) atoms. The summed E-state index contributed by atoms with van der Waals surface area (Å²) in [7, 11) is 1.34. The molecule has 0 fully saturated rings. The quantitative estimate of drug-likeness (QED) is 0.769. The fraction of sp³-hybridized carbons (Fsp3) is 0.222. The van der Waals surface area contributed by atoms with E-state index in [1.54, 1.807) is 10.7 Å². The van der Waals surface area contributed by atoms with Gasteiger partial charge in [0, 0.05) is 10.7 Å². The zero-order valence-corrected chi connectivity index (χ0v) is 9.56. The van der Waals surface area contributed by atoms with Gasteiger partial charge in [0.15, 0.2) is 11.5 Å². The van der Waals surface area contributed by atoms with Crippen LogP contribution in [0.2, 0.25) is 0 Å². The molecule has 78 valence electrons. The zero-order chi connectivity index (χ0) is 10.8. The normalized spacial score (nSPS) is 10.5. The Hall–Kier alpha value is -1.43. The fourth-order valence-electron chi connectivity index (χ4n) is 1.18. The van der Waals surface area contributed by atoms with Gasteiger partial charge in [-0.25, -0.2) is 9.50 Å². The molecule has 0 amide bonds. The van der Waals surface area contributed by atoms with Gasteiger partial charge in [0.2, 0.25) is 0 Å². The lowest BCUT2D eigenvalue weighted by Gasteiger charge is -1.92. The predicted octanol–water partition coefficient (Wildman–Crippen LogP) is 1.21. The molecule has 0 atom stereocenters. The maximum Gasteiger partial charge on any atom is 0.313 e. The molecule has 0 aromatic carbocycles. The number of rotatable bonds is 2. The predicted molar refractivity (Wildman–Crippen MR) is 56.4 cm³/mol. The molecule has 0 spiro atoms. The van der Waals surface area contributed by atoms with Gasteiger partial charge in [0.1, 0.15) is 6.42 Å². The number of pyridine rings is 1. The number of methoxy groups -OCH3 is 1. The van der Waals surface area contributed by atoms with Crippen LogP contribution < -0.4 is 0 Å². The van der Waals surface area contributed by atoms with E-state index in [2.05, 4.69) is 30.7 Å². The van der Waals surface area contributed by atoms with Gasteiger partial charge in [0.05, 0.1) is 7.11 Å². The second kappa shape index (κ2) is 3.98. The van der Waals surface area contributed by atoms with Crippen LogP contribution in [0.5, 0.6) is 0 Å². The molecule has 0 saturated heterocycles. The van der Waals surface area contributed by atoms with Gasteiger partial charge >= 0.3 is 5.97 Å². The third-order valence-electron chi connectivity index (χ3n) is 1.87. The van der Waals surface area contributed by atoms with Crippen molar-refractivity contribution in [3.8, 4) is 0 Å². The van der Waals surface area contributed by atoms with Gasteiger partial charge in [-0.1, -0.05) is 0 Å². The Kier molecular flexibility index (Phi) is 2.68. The third kappa shape index (κ3) is 2.15. The van der Waals surface area contributed by atoms with E-state index in [-0.39, 0.29) is 12.4 Å². The molecule has 0 aliphatic carbocycles. The summed E-state index contributed by atoms with van der Waals surface area (Å²) in [6.07, 6.45) is 1.87. The standard InChI is InChI=1S/C9H8BrN3O2/c1-15-9(14)4-7-11-8-3-2-6(10)5-13(8)12-7/h2-3,5H,4H2,1H3. The molecule has 0 aliphatic heterocycles. The lowest BCUT2D eigenvalue weighted by Crippen LogP contribution is -2.05. The number of ether oxygens (including phenoxy) is 1. The second-order valence-corrected chi connectivity index (χ2v) is 3.85. The largest absolute Gasteiger partial charge is 0.469 e. The molecular formula is C9H8BrN3O2. The Morgan fingerprint density at radius 2 is 2.40 bits per heavy atom. The van der Waals surface area contributed by atoms with E-state index < -0.39 is 0 Å². The van der Waals surface area contributed by atoms with Crippen LogP contribution in [0.1, 0.15) is 5.82 Å². The minimum Gasteiger partial charge on any atom is -0.469 e. The van der Waals surface area contributed by atoms with Gasteiger partial charge in [-0.2, -0.15) is 5.10 Å². The highest BCUT2D eigenvalue weighted by Gasteiger charge is 2.08. The van der Waals surface area contributed by atoms with Gasteiger partial charge in [-0.15, -0.1) is 0 Å². The summed E-state index contributed by atoms with van der Waals surface area (Å²) in [5.41, 5.74) is 0.706. The van der Waals surface area contributed by atoms with Crippen molar-refractivity contribution in [3.05, 3.63) is 28.6 Å². The van der Waals surface area contributed by atoms with Crippen molar-refractivity contribution in [2.75, 3.05) is 7.11 Å². The Morgan fingerprint density at radius 3 is 3.13 bits per heavy atom. The first-order valence-corrected chi connectivity index (χ1v) is 5.06. The number of carbonyl (C=O) groups is 1. The maximum atomic E-state index is 11.0. The van der Waals surface area contributed by atoms with E-state index in [1.165, 1.54) is 7.11 Å². The second-order valence-electron chi connectivity index (χ2n) is 2.93. The molecule has 0 N–H and O–H groups in total. The lowest BCUT2D eigenvalue weighted by atomic mass is 10.4. The molecule has 0 radical (unpaired) electrons. The average Bonchev–Trinajstić information content (AvgIpc) is 2.59. The maximum absolute atomic E-state index is 11.0. The number of carbonyl (C=O) groups excluding carboxylic acids is 1. The molecule has 0 aliphatic rings. The highest BCUT2D eigenvalue weighted by molar-refractivity contribution is 9.10. The summed E-state index contributed by atoms with van der Waals surface area (Å²) in [5.74, 6) is 0.116. The van der Waals surface area contributed by atoms with Crippen molar-refractivity contribution in [1.82, 2.24) is 14.6 Å². The van der Waals surface area contributed by atoms with Crippen molar-refractivity contribution >= 4 is 27.5 Å². The lowest BCUT2D eigenvalue weighted by molar-refractivity contribution is -0.139. The van der Waals surface area contributed by atoms with Crippen LogP contribution in [0.3, 0.4) is 0 Å². The molecule has 0 unspecified atom stereocenters. The summed E-state index contributed by atoms with van der Waals surface area (Å²) in [6.45, 7) is 0. The monoisotopic (exact) mass is 269 g/mol. The summed E-state index contributed by atoms with van der Waals surface area (Å²) in [4.78, 5) is 15.2. The van der Waals surface area contributed by atoms with E-state index >= 15 is 0 Å². The first-order chi connectivity index (χ1) is 7.19. The molecule has 6 heteroatoms. The summed E-state index contributed by atoms with van der Waals surface area (Å²) in [6, 6.07) is 3.68. The Balaban J connectivity index is 2.34. The van der Waals surface area contributed by atoms with Crippen LogP contribution >= 0.6 is 15.9 Å². The number of halogens is 1. The molecule has 5 nitrogen and oxygen atoms in total. The van der Waals surface area contributed by atoms with Crippen molar-refractivity contribution in [1.29, 1.82) is 0 Å². The third-order valence-corrected chi connectivity index (χ3v) is 2.34. The molecule has 2 aromatic heterocycles. The van der Waals surface area contributed by atoms with E-state index in [1.807, 2.05) is 12.1 Å². The average molecular weight is 270 g/mol. The van der Waals surface area contributed by atoms with Gasteiger partial charge < -0.3 is 4.74 Å². The highest BCUT2D eigenvalue weighted by atomic mass is 79.9. The number of nitrogens with zero attached hydrogens (tertiary/aromatic N) is 3. The zero-order valence-electron chi connectivity index (χ0n) is 7.98. The van der Waals surface area contributed by atoms with Crippen LogP contribution in [0.25, 0.3) is 5.65 Å². The van der Waals surface area contributed by atoms with E-state index in [0.717, 1.165) is 4.47 Å². The van der Waals surface area contributed by atoms with Gasteiger partial charge in [-0.05, 0) is 28.1 Å². The Bertz CT molecular complexity index is 509. The minimum atomic E-state index is -0.343. The van der Waals surface area contributed by atoms with Gasteiger partial charge in [-0.3, -0.25) is 4.79 Å². The van der Waals surface area contributed by atoms with Crippen LogP contribution in [-0.4, -0.2) is 27.7 Å². The van der Waals surface area contributed by atoms with Crippen LogP contribution in [0, 0.1) is 0 Å². The smallest absolute Gasteiger partial charge is 0.313 e. The van der Waals surface area contributed by atoms with E-state index in [0.29, 0.717) is 11.5 Å². The molecule has 0 bridgehead atoms. The SMILES string of the molecule is COC(=O)Cc1nc2ccc(Br)cn2n1. The van der Waals surface area contributed by atoms with Crippen LogP contribution in [-0.2, 0) is 16.0 Å². The first kappa shape index (κ1) is 10.1. The highest BCUT2D eigenvalue weighted by Crippen LogP contribution is 2.10. The minimum absolute atomic E-state index is 0.0931. The van der Waals surface area contributed by atoms with Gasteiger partial charge in [0.25, 0.3) is 0 Å². The number of fused-ring (bicyclic) bond motifs is 1. The fourth-order valence-corrected chi connectivity index (χ4v) is 1.51. The summed E-state index contributed by atoms with van der Waals surface area (Å²) in [5, 5.41) is 4.14. The summed E-state index contributed by atoms with van der Waals surface area (Å²) >= 11 is 3.33. The van der Waals surface area contributed by atoms with Crippen LogP contribution in [0.4, 0.5) is 0 Å². The molecule has 2 rings (SSSR count). The first-order valence-electron chi connectivity index (χ1n) is 4.26. The van der Waals surface area contributed by atoms with E-state index in [9.17, 15) is 4.79 Å². The molecule has 2 aromatic rings. The van der Waals surface area contributed by atoms with Crippen LogP contribution in [0.15, 0.2) is 22.8 Å². The summed E-state index contributed by atoms with van der Waals surface area (Å²) < 4.78 is 7.06. The Morgan fingerprint density at radius 1 is 1.60 bits per heavy atom. The number of hydrogen-bond acceptors (Lipinski definition) is 4. The van der Waals surface area contributed by atoms with E-state index in [4.69, 9.17) is 0 Å². The van der Waals surface area contributed by atoms with Crippen molar-refractivity contribution in [3.63, 3.8) is 0 Å². The number of aromatic nitrogens is 3. The Labute approximate surface area is 94.2 Å². The molecule has 0 saturated carbocycles. The molecule has 2 heterocycles. The van der Waals surface area contributed by atoms with Crippen molar-refractivity contribution in [2.24, 2.45) is 0 Å².